The van der Waals surface area contributed by atoms with Crippen LogP contribution < -0.4 is 10.9 Å². The molecule has 1 aliphatic rings. The Labute approximate surface area is 119 Å². The summed E-state index contributed by atoms with van der Waals surface area (Å²) in [4.78, 5) is 35.0. The molecule has 0 saturated heterocycles. The Hall–Kier alpha value is -1.96. The van der Waals surface area contributed by atoms with Gasteiger partial charge in [-0.25, -0.2) is 0 Å². The van der Waals surface area contributed by atoms with E-state index in [-0.39, 0.29) is 6.42 Å². The quantitative estimate of drug-likeness (QED) is 0.640. The SMILES string of the molecule is CCc1sc(C(=O)NNC(=O)C2CC2[N+](=O)[O-])cc1C. The van der Waals surface area contributed by atoms with Crippen LogP contribution in [0, 0.1) is 23.0 Å². The van der Waals surface area contributed by atoms with Gasteiger partial charge in [0.1, 0.15) is 5.92 Å². The maximum absolute atomic E-state index is 11.8. The van der Waals surface area contributed by atoms with Gasteiger partial charge < -0.3 is 0 Å². The summed E-state index contributed by atoms with van der Waals surface area (Å²) in [6.07, 6.45) is 1.08. The minimum atomic E-state index is -0.817. The van der Waals surface area contributed by atoms with Crippen LogP contribution in [0.25, 0.3) is 0 Å². The lowest BCUT2D eigenvalue weighted by Crippen LogP contribution is -2.42. The van der Waals surface area contributed by atoms with Gasteiger partial charge in [0.05, 0.1) is 4.88 Å². The summed E-state index contributed by atoms with van der Waals surface area (Å²) in [5, 5.41) is 10.4. The Bertz CT molecular complexity index is 569. The number of nitrogens with one attached hydrogen (secondary N) is 2. The second-order valence-corrected chi connectivity index (χ2v) is 5.85. The highest BCUT2D eigenvalue weighted by Gasteiger charge is 2.53. The third-order valence-electron chi connectivity index (χ3n) is 3.23. The normalized spacial score (nSPS) is 20.3. The van der Waals surface area contributed by atoms with Crippen molar-refractivity contribution in [3.8, 4) is 0 Å². The first-order valence-corrected chi connectivity index (χ1v) is 7.08. The van der Waals surface area contributed by atoms with Gasteiger partial charge in [0.25, 0.3) is 5.91 Å². The maximum Gasteiger partial charge on any atom is 0.279 e. The average Bonchev–Trinajstić information content (AvgIpc) is 3.13. The molecule has 0 aliphatic heterocycles. The minimum Gasteiger partial charge on any atom is -0.273 e. The summed E-state index contributed by atoms with van der Waals surface area (Å²) in [5.41, 5.74) is 5.58. The van der Waals surface area contributed by atoms with Crippen molar-refractivity contribution in [2.24, 2.45) is 5.92 Å². The highest BCUT2D eigenvalue weighted by atomic mass is 32.1. The van der Waals surface area contributed by atoms with Crippen molar-refractivity contribution in [2.45, 2.75) is 32.7 Å². The zero-order valence-corrected chi connectivity index (χ0v) is 12.0. The van der Waals surface area contributed by atoms with Gasteiger partial charge in [-0.15, -0.1) is 11.3 Å². The van der Waals surface area contributed by atoms with Crippen molar-refractivity contribution < 1.29 is 14.5 Å². The molecule has 1 saturated carbocycles. The molecule has 8 heteroatoms. The smallest absolute Gasteiger partial charge is 0.273 e. The highest BCUT2D eigenvalue weighted by Crippen LogP contribution is 2.32. The molecule has 0 radical (unpaired) electrons. The van der Waals surface area contributed by atoms with Crippen molar-refractivity contribution in [2.75, 3.05) is 0 Å². The van der Waals surface area contributed by atoms with Crippen LogP contribution in [0.2, 0.25) is 0 Å². The van der Waals surface area contributed by atoms with Crippen molar-refractivity contribution >= 4 is 23.2 Å². The Morgan fingerprint density at radius 2 is 2.20 bits per heavy atom. The zero-order valence-electron chi connectivity index (χ0n) is 11.1. The number of nitrogens with zero attached hydrogens (tertiary/aromatic N) is 1. The van der Waals surface area contributed by atoms with Crippen LogP contribution in [0.1, 0.15) is 33.5 Å². The molecule has 1 aromatic rings. The predicted molar refractivity (Wildman–Crippen MR) is 72.9 cm³/mol. The van der Waals surface area contributed by atoms with Gasteiger partial charge in [0.15, 0.2) is 0 Å². The van der Waals surface area contributed by atoms with Gasteiger partial charge in [-0.05, 0) is 25.0 Å². The van der Waals surface area contributed by atoms with E-state index in [4.69, 9.17) is 0 Å². The van der Waals surface area contributed by atoms with Crippen LogP contribution in [0.4, 0.5) is 0 Å². The topological polar surface area (TPSA) is 101 Å². The molecule has 2 amide bonds. The number of carbonyl (C=O) groups is 2. The van der Waals surface area contributed by atoms with E-state index in [9.17, 15) is 19.7 Å². The van der Waals surface area contributed by atoms with Gasteiger partial charge in [0.2, 0.25) is 11.9 Å². The molecular weight excluding hydrogens is 282 g/mol. The number of amides is 2. The zero-order chi connectivity index (χ0) is 14.9. The molecule has 0 bridgehead atoms. The molecule has 1 aromatic heterocycles. The van der Waals surface area contributed by atoms with Crippen LogP contribution in [-0.2, 0) is 11.2 Å². The molecule has 1 aliphatic carbocycles. The number of aryl methyl sites for hydroxylation is 2. The maximum atomic E-state index is 11.8. The second-order valence-electron chi connectivity index (χ2n) is 4.71. The summed E-state index contributed by atoms with van der Waals surface area (Å²) in [6, 6.07) is 0.949. The molecule has 108 valence electrons. The van der Waals surface area contributed by atoms with Crippen LogP contribution in [0.3, 0.4) is 0 Å². The lowest BCUT2D eigenvalue weighted by Gasteiger charge is -2.04. The molecule has 2 atom stereocenters. The monoisotopic (exact) mass is 297 g/mol. The van der Waals surface area contributed by atoms with Gasteiger partial charge in [-0.2, -0.15) is 0 Å². The largest absolute Gasteiger partial charge is 0.279 e. The van der Waals surface area contributed by atoms with Crippen LogP contribution in [0.5, 0.6) is 0 Å². The summed E-state index contributed by atoms with van der Waals surface area (Å²) in [7, 11) is 0. The Balaban J connectivity index is 1.86. The van der Waals surface area contributed by atoms with Crippen LogP contribution >= 0.6 is 11.3 Å². The Morgan fingerprint density at radius 1 is 1.50 bits per heavy atom. The van der Waals surface area contributed by atoms with Crippen LogP contribution in [-0.4, -0.2) is 22.8 Å². The van der Waals surface area contributed by atoms with Crippen molar-refractivity contribution in [3.63, 3.8) is 0 Å². The Kier molecular flexibility index (Phi) is 4.03. The van der Waals surface area contributed by atoms with E-state index in [2.05, 4.69) is 10.9 Å². The summed E-state index contributed by atoms with van der Waals surface area (Å²) in [5.74, 6) is -1.55. The van der Waals surface area contributed by atoms with E-state index in [0.29, 0.717) is 4.88 Å². The number of rotatable bonds is 4. The molecule has 1 fully saturated rings. The van der Waals surface area contributed by atoms with E-state index in [1.807, 2.05) is 13.8 Å². The van der Waals surface area contributed by atoms with Gasteiger partial charge in [-0.3, -0.25) is 30.6 Å². The molecule has 2 rings (SSSR count). The molecule has 7 nitrogen and oxygen atoms in total. The number of hydrazine groups is 1. The highest BCUT2D eigenvalue weighted by molar-refractivity contribution is 7.14. The van der Waals surface area contributed by atoms with Crippen molar-refractivity contribution in [3.05, 3.63) is 31.5 Å². The minimum absolute atomic E-state index is 0.229. The molecule has 0 spiro atoms. The first-order valence-electron chi connectivity index (χ1n) is 6.27. The Morgan fingerprint density at radius 3 is 2.70 bits per heavy atom. The first kappa shape index (κ1) is 14.4. The summed E-state index contributed by atoms with van der Waals surface area (Å²) in [6.45, 7) is 3.93. The van der Waals surface area contributed by atoms with E-state index in [1.165, 1.54) is 11.3 Å². The van der Waals surface area contributed by atoms with Crippen molar-refractivity contribution in [1.82, 2.24) is 10.9 Å². The van der Waals surface area contributed by atoms with E-state index in [0.717, 1.165) is 16.9 Å². The fourth-order valence-corrected chi connectivity index (χ4v) is 2.96. The summed E-state index contributed by atoms with van der Waals surface area (Å²) < 4.78 is 0. The number of hydrogen-bond acceptors (Lipinski definition) is 5. The predicted octanol–water partition coefficient (Wildman–Crippen LogP) is 1.05. The van der Waals surface area contributed by atoms with Gasteiger partial charge in [0, 0.05) is 16.2 Å². The molecule has 20 heavy (non-hydrogen) atoms. The second kappa shape index (κ2) is 5.58. The lowest BCUT2D eigenvalue weighted by atomic mass is 10.2. The fourth-order valence-electron chi connectivity index (χ4n) is 1.95. The number of thiophene rings is 1. The lowest BCUT2D eigenvalue weighted by molar-refractivity contribution is -0.497. The molecule has 1 heterocycles. The number of hydrogen-bond donors (Lipinski definition) is 2. The van der Waals surface area contributed by atoms with E-state index in [1.54, 1.807) is 6.07 Å². The number of nitro groups is 1. The molecule has 2 unspecified atom stereocenters. The standard InChI is InChI=1S/C12H15N3O4S/c1-3-9-6(2)4-10(20-9)12(17)14-13-11(16)7-5-8(7)15(18)19/h4,7-8H,3,5H2,1-2H3,(H,13,16)(H,14,17). The molecule has 0 aromatic carbocycles. The van der Waals surface area contributed by atoms with E-state index < -0.39 is 28.7 Å². The average molecular weight is 297 g/mol. The first-order chi connectivity index (χ1) is 9.43. The number of carbonyl (C=O) groups excluding carboxylic acids is 2. The van der Waals surface area contributed by atoms with Gasteiger partial charge >= 0.3 is 0 Å². The van der Waals surface area contributed by atoms with Gasteiger partial charge in [-0.1, -0.05) is 6.92 Å². The molecular formula is C12H15N3O4S. The van der Waals surface area contributed by atoms with E-state index >= 15 is 0 Å². The van der Waals surface area contributed by atoms with Crippen LogP contribution in [0.15, 0.2) is 6.07 Å². The summed E-state index contributed by atoms with van der Waals surface area (Å²) >= 11 is 1.38. The van der Waals surface area contributed by atoms with Crippen molar-refractivity contribution in [1.29, 1.82) is 0 Å². The third kappa shape index (κ3) is 2.96. The fraction of sp³-hybridized carbons (Fsp3) is 0.500. The third-order valence-corrected chi connectivity index (χ3v) is 4.61. The molecule has 2 N–H and O–H groups in total.